The van der Waals surface area contributed by atoms with Crippen molar-refractivity contribution in [3.05, 3.63) is 48.5 Å². The van der Waals surface area contributed by atoms with Gasteiger partial charge in [0.05, 0.1) is 19.5 Å². The van der Waals surface area contributed by atoms with E-state index < -0.39 is 0 Å². The lowest BCUT2D eigenvalue weighted by Crippen LogP contribution is -2.33. The number of anilines is 1. The number of carbonyl (C=O) groups is 1. The Morgan fingerprint density at radius 1 is 1.07 bits per heavy atom. The number of para-hydroxylation sites is 1. The first-order valence-electron chi connectivity index (χ1n) is 8.58. The molecular formula is C20H21N3O4S. The molecule has 3 rings (SSSR count). The molecule has 28 heavy (non-hydrogen) atoms. The van der Waals surface area contributed by atoms with Gasteiger partial charge in [0.15, 0.2) is 11.5 Å². The number of methoxy groups -OCH3 is 2. The number of amides is 1. The normalized spacial score (nSPS) is 11.7. The predicted molar refractivity (Wildman–Crippen MR) is 108 cm³/mol. The maximum atomic E-state index is 12.7. The van der Waals surface area contributed by atoms with E-state index in [2.05, 4.69) is 10.2 Å². The van der Waals surface area contributed by atoms with E-state index >= 15 is 0 Å². The Labute approximate surface area is 167 Å². The monoisotopic (exact) mass is 399 g/mol. The molecule has 0 saturated carbocycles. The molecule has 0 aliphatic heterocycles. The van der Waals surface area contributed by atoms with Crippen LogP contribution < -0.4 is 14.4 Å². The van der Waals surface area contributed by atoms with Crippen molar-refractivity contribution in [3.8, 4) is 23.0 Å². The van der Waals surface area contributed by atoms with E-state index in [1.807, 2.05) is 37.3 Å². The van der Waals surface area contributed by atoms with Gasteiger partial charge in [-0.05, 0) is 37.3 Å². The molecule has 1 atom stereocenters. The van der Waals surface area contributed by atoms with E-state index in [1.165, 1.54) is 11.8 Å². The van der Waals surface area contributed by atoms with Crippen molar-refractivity contribution in [1.82, 2.24) is 10.2 Å². The molecule has 0 fully saturated rings. The largest absolute Gasteiger partial charge is 0.493 e. The molecule has 0 unspecified atom stereocenters. The van der Waals surface area contributed by atoms with Crippen LogP contribution in [0.25, 0.3) is 11.5 Å². The molecule has 0 N–H and O–H groups in total. The smallest absolute Gasteiger partial charge is 0.277 e. The van der Waals surface area contributed by atoms with Gasteiger partial charge in [-0.1, -0.05) is 30.0 Å². The molecule has 1 amide bonds. The number of carbonyl (C=O) groups excluding carboxylic acids is 1. The molecule has 1 aromatic heterocycles. The van der Waals surface area contributed by atoms with Crippen molar-refractivity contribution in [2.75, 3.05) is 26.2 Å². The first kappa shape index (κ1) is 19.8. The summed E-state index contributed by atoms with van der Waals surface area (Å²) in [7, 11) is 4.88. The van der Waals surface area contributed by atoms with Gasteiger partial charge in [-0.25, -0.2) is 0 Å². The van der Waals surface area contributed by atoms with Gasteiger partial charge < -0.3 is 18.8 Å². The van der Waals surface area contributed by atoms with Gasteiger partial charge in [-0.15, -0.1) is 10.2 Å². The summed E-state index contributed by atoms with van der Waals surface area (Å²) in [5.74, 6) is 1.48. The van der Waals surface area contributed by atoms with Crippen LogP contribution in [-0.4, -0.2) is 42.6 Å². The van der Waals surface area contributed by atoms with Crippen LogP contribution in [0.4, 0.5) is 5.69 Å². The summed E-state index contributed by atoms with van der Waals surface area (Å²) >= 11 is 1.22. The Morgan fingerprint density at radius 2 is 1.79 bits per heavy atom. The zero-order valence-electron chi connectivity index (χ0n) is 16.1. The van der Waals surface area contributed by atoms with Crippen molar-refractivity contribution in [1.29, 1.82) is 0 Å². The fourth-order valence-electron chi connectivity index (χ4n) is 2.60. The molecular weight excluding hydrogens is 378 g/mol. The lowest BCUT2D eigenvalue weighted by molar-refractivity contribution is -0.117. The highest BCUT2D eigenvalue weighted by molar-refractivity contribution is 8.00. The summed E-state index contributed by atoms with van der Waals surface area (Å²) in [6, 6.07) is 14.8. The Bertz CT molecular complexity index is 946. The first-order chi connectivity index (χ1) is 13.5. The zero-order valence-corrected chi connectivity index (χ0v) is 16.9. The molecule has 0 radical (unpaired) electrons. The number of nitrogens with zero attached hydrogens (tertiary/aromatic N) is 3. The Balaban J connectivity index is 1.71. The van der Waals surface area contributed by atoms with Gasteiger partial charge in [0.2, 0.25) is 11.8 Å². The number of rotatable bonds is 7. The number of thioether (sulfide) groups is 1. The molecule has 0 aliphatic rings. The van der Waals surface area contributed by atoms with E-state index in [0.717, 1.165) is 5.69 Å². The van der Waals surface area contributed by atoms with Crippen LogP contribution in [-0.2, 0) is 4.79 Å². The van der Waals surface area contributed by atoms with Crippen molar-refractivity contribution in [2.24, 2.45) is 0 Å². The Morgan fingerprint density at radius 3 is 2.46 bits per heavy atom. The number of ether oxygens (including phenoxy) is 2. The minimum atomic E-state index is -0.385. The number of aromatic nitrogens is 2. The second kappa shape index (κ2) is 8.79. The Hall–Kier alpha value is -3.00. The lowest BCUT2D eigenvalue weighted by atomic mass is 10.2. The summed E-state index contributed by atoms with van der Waals surface area (Å²) in [6.07, 6.45) is 0. The first-order valence-corrected chi connectivity index (χ1v) is 9.46. The zero-order chi connectivity index (χ0) is 20.1. The van der Waals surface area contributed by atoms with E-state index in [1.54, 1.807) is 44.4 Å². The second-order valence-corrected chi connectivity index (χ2v) is 7.23. The summed E-state index contributed by atoms with van der Waals surface area (Å²) in [5, 5.41) is 8.06. The van der Waals surface area contributed by atoms with Crippen molar-refractivity contribution in [2.45, 2.75) is 17.4 Å². The number of hydrogen-bond donors (Lipinski definition) is 0. The molecule has 0 bridgehead atoms. The van der Waals surface area contributed by atoms with Gasteiger partial charge in [0.25, 0.3) is 5.22 Å². The van der Waals surface area contributed by atoms with E-state index in [0.29, 0.717) is 28.2 Å². The SMILES string of the molecule is COc1ccc(-c2nnc(S[C@@H](C)C(=O)N(C)c3ccccc3)o2)cc1OC. The molecule has 146 valence electrons. The highest BCUT2D eigenvalue weighted by Crippen LogP contribution is 2.33. The van der Waals surface area contributed by atoms with Crippen LogP contribution in [0.3, 0.4) is 0 Å². The minimum absolute atomic E-state index is 0.0536. The maximum absolute atomic E-state index is 12.7. The molecule has 0 spiro atoms. The summed E-state index contributed by atoms with van der Waals surface area (Å²) in [4.78, 5) is 14.3. The minimum Gasteiger partial charge on any atom is -0.493 e. The van der Waals surface area contributed by atoms with E-state index in [9.17, 15) is 4.79 Å². The van der Waals surface area contributed by atoms with Crippen molar-refractivity contribution >= 4 is 23.4 Å². The molecule has 8 heteroatoms. The summed E-state index contributed by atoms with van der Waals surface area (Å²) in [6.45, 7) is 1.81. The average Bonchev–Trinajstić information content (AvgIpc) is 3.21. The third-order valence-electron chi connectivity index (χ3n) is 4.14. The van der Waals surface area contributed by atoms with Gasteiger partial charge in [-0.3, -0.25) is 4.79 Å². The molecule has 2 aromatic carbocycles. The number of hydrogen-bond acceptors (Lipinski definition) is 7. The molecule has 3 aromatic rings. The topological polar surface area (TPSA) is 77.7 Å². The van der Waals surface area contributed by atoms with Gasteiger partial charge in [-0.2, -0.15) is 0 Å². The summed E-state index contributed by atoms with van der Waals surface area (Å²) in [5.41, 5.74) is 1.54. The highest BCUT2D eigenvalue weighted by atomic mass is 32.2. The van der Waals surface area contributed by atoms with Crippen LogP contribution >= 0.6 is 11.8 Å². The van der Waals surface area contributed by atoms with Crippen LogP contribution in [0.5, 0.6) is 11.5 Å². The second-order valence-electron chi connectivity index (χ2n) is 5.94. The maximum Gasteiger partial charge on any atom is 0.277 e. The molecule has 0 saturated heterocycles. The highest BCUT2D eigenvalue weighted by Gasteiger charge is 2.23. The van der Waals surface area contributed by atoms with Crippen molar-refractivity contribution in [3.63, 3.8) is 0 Å². The van der Waals surface area contributed by atoms with E-state index in [4.69, 9.17) is 13.9 Å². The van der Waals surface area contributed by atoms with Crippen LogP contribution in [0.2, 0.25) is 0 Å². The average molecular weight is 399 g/mol. The lowest BCUT2D eigenvalue weighted by Gasteiger charge is -2.20. The third kappa shape index (κ3) is 4.28. The van der Waals surface area contributed by atoms with Crippen LogP contribution in [0.15, 0.2) is 58.2 Å². The molecule has 0 aliphatic carbocycles. The van der Waals surface area contributed by atoms with Crippen molar-refractivity contribution < 1.29 is 18.7 Å². The fourth-order valence-corrected chi connectivity index (χ4v) is 3.37. The van der Waals surface area contributed by atoms with Crippen LogP contribution in [0, 0.1) is 0 Å². The van der Waals surface area contributed by atoms with Gasteiger partial charge >= 0.3 is 0 Å². The van der Waals surface area contributed by atoms with Crippen LogP contribution in [0.1, 0.15) is 6.92 Å². The molecule has 1 heterocycles. The quantitative estimate of drug-likeness (QED) is 0.558. The van der Waals surface area contributed by atoms with Gasteiger partial charge in [0, 0.05) is 18.3 Å². The predicted octanol–water partition coefficient (Wildman–Crippen LogP) is 3.90. The fraction of sp³-hybridized carbons (Fsp3) is 0.250. The number of benzene rings is 2. The third-order valence-corrected chi connectivity index (χ3v) is 5.06. The standard InChI is InChI=1S/C20H21N3O4S/c1-13(19(24)23(2)15-8-6-5-7-9-15)28-20-22-21-18(27-20)14-10-11-16(25-3)17(12-14)26-4/h5-13H,1-4H3/t13-/m0/s1. The van der Waals surface area contributed by atoms with Gasteiger partial charge in [0.1, 0.15) is 0 Å². The molecule has 7 nitrogen and oxygen atoms in total. The summed E-state index contributed by atoms with van der Waals surface area (Å²) < 4.78 is 16.3. The van der Waals surface area contributed by atoms with E-state index in [-0.39, 0.29) is 11.2 Å². The Kier molecular flexibility index (Phi) is 6.20.